The first-order valence-electron chi connectivity index (χ1n) is 7.37. The number of ether oxygens (including phenoxy) is 1. The first-order chi connectivity index (χ1) is 10.1. The molecule has 1 heterocycles. The largest absolute Gasteiger partial charge is 0.381 e. The van der Waals surface area contributed by atoms with Crippen LogP contribution in [0.25, 0.3) is 0 Å². The molecule has 0 aromatic carbocycles. The molecule has 0 aliphatic carbocycles. The summed E-state index contributed by atoms with van der Waals surface area (Å²) in [4.78, 5) is 4.28. The van der Waals surface area contributed by atoms with Crippen molar-refractivity contribution in [1.29, 1.82) is 0 Å². The number of hydrogen-bond acceptors (Lipinski definition) is 5. The number of sulfonamides is 1. The molecular formula is C14H25N3O3S. The van der Waals surface area contributed by atoms with Crippen molar-refractivity contribution in [2.75, 3.05) is 31.6 Å². The van der Waals surface area contributed by atoms with Crippen LogP contribution in [0.1, 0.15) is 33.1 Å². The molecule has 1 aromatic rings. The van der Waals surface area contributed by atoms with Crippen molar-refractivity contribution in [1.82, 2.24) is 9.71 Å². The Kier molecular flexibility index (Phi) is 8.26. The SMILES string of the molecule is CCCCOCCCNS(=O)(=O)c1ccnc(NCC)c1. The van der Waals surface area contributed by atoms with Crippen LogP contribution in [0.15, 0.2) is 23.2 Å². The molecule has 0 saturated heterocycles. The minimum atomic E-state index is -3.48. The van der Waals surface area contributed by atoms with Crippen molar-refractivity contribution in [2.24, 2.45) is 0 Å². The monoisotopic (exact) mass is 315 g/mol. The van der Waals surface area contributed by atoms with Crippen LogP contribution in [-0.4, -0.2) is 39.7 Å². The number of aromatic nitrogens is 1. The van der Waals surface area contributed by atoms with Gasteiger partial charge in [0.1, 0.15) is 5.82 Å². The maximum atomic E-state index is 12.1. The Morgan fingerprint density at radius 3 is 2.71 bits per heavy atom. The number of nitrogens with one attached hydrogen (secondary N) is 2. The average molecular weight is 315 g/mol. The van der Waals surface area contributed by atoms with E-state index in [4.69, 9.17) is 4.74 Å². The maximum Gasteiger partial charge on any atom is 0.240 e. The fraction of sp³-hybridized carbons (Fsp3) is 0.643. The molecule has 0 amide bonds. The maximum absolute atomic E-state index is 12.1. The predicted octanol–water partition coefficient (Wildman–Crippen LogP) is 2.00. The third kappa shape index (κ3) is 6.88. The van der Waals surface area contributed by atoms with Crippen LogP contribution in [0, 0.1) is 0 Å². The van der Waals surface area contributed by atoms with Crippen molar-refractivity contribution >= 4 is 15.8 Å². The Bertz CT molecular complexity index is 506. The summed E-state index contributed by atoms with van der Waals surface area (Å²) in [6.07, 6.45) is 4.28. The zero-order chi connectivity index (χ0) is 15.6. The first-order valence-corrected chi connectivity index (χ1v) is 8.85. The number of hydrogen-bond donors (Lipinski definition) is 2. The number of anilines is 1. The summed E-state index contributed by atoms with van der Waals surface area (Å²) in [6.45, 7) is 6.40. The molecule has 7 heteroatoms. The quantitative estimate of drug-likeness (QED) is 0.611. The lowest BCUT2D eigenvalue weighted by molar-refractivity contribution is 0.130. The van der Waals surface area contributed by atoms with Gasteiger partial charge in [0.05, 0.1) is 4.90 Å². The van der Waals surface area contributed by atoms with E-state index in [2.05, 4.69) is 21.9 Å². The third-order valence-electron chi connectivity index (χ3n) is 2.80. The highest BCUT2D eigenvalue weighted by molar-refractivity contribution is 7.89. The Balaban J connectivity index is 2.41. The lowest BCUT2D eigenvalue weighted by Crippen LogP contribution is -2.25. The normalized spacial score (nSPS) is 11.5. The Morgan fingerprint density at radius 2 is 2.00 bits per heavy atom. The van der Waals surface area contributed by atoms with Gasteiger partial charge in [-0.25, -0.2) is 18.1 Å². The molecule has 0 aliphatic heterocycles. The molecule has 0 unspecified atom stereocenters. The minimum absolute atomic E-state index is 0.223. The van der Waals surface area contributed by atoms with Crippen molar-refractivity contribution in [3.63, 3.8) is 0 Å². The molecule has 21 heavy (non-hydrogen) atoms. The summed E-state index contributed by atoms with van der Waals surface area (Å²) < 4.78 is 32.2. The highest BCUT2D eigenvalue weighted by atomic mass is 32.2. The van der Waals surface area contributed by atoms with E-state index in [0.717, 1.165) is 19.4 Å². The van der Waals surface area contributed by atoms with Gasteiger partial charge in [0.2, 0.25) is 10.0 Å². The highest BCUT2D eigenvalue weighted by Gasteiger charge is 2.13. The van der Waals surface area contributed by atoms with E-state index >= 15 is 0 Å². The van der Waals surface area contributed by atoms with Gasteiger partial charge < -0.3 is 10.1 Å². The molecule has 1 rings (SSSR count). The van der Waals surface area contributed by atoms with Crippen LogP contribution in [0.3, 0.4) is 0 Å². The van der Waals surface area contributed by atoms with E-state index in [1.165, 1.54) is 18.3 Å². The second-order valence-corrected chi connectivity index (χ2v) is 6.39. The molecule has 0 saturated carbocycles. The number of unbranched alkanes of at least 4 members (excludes halogenated alkanes) is 1. The van der Waals surface area contributed by atoms with Gasteiger partial charge >= 0.3 is 0 Å². The molecule has 2 N–H and O–H groups in total. The van der Waals surface area contributed by atoms with E-state index in [0.29, 0.717) is 31.9 Å². The summed E-state index contributed by atoms with van der Waals surface area (Å²) in [7, 11) is -3.48. The minimum Gasteiger partial charge on any atom is -0.381 e. The summed E-state index contributed by atoms with van der Waals surface area (Å²) in [5.74, 6) is 0.559. The van der Waals surface area contributed by atoms with Crippen LogP contribution in [0.2, 0.25) is 0 Å². The van der Waals surface area contributed by atoms with Crippen LogP contribution >= 0.6 is 0 Å². The fourth-order valence-corrected chi connectivity index (χ4v) is 2.76. The van der Waals surface area contributed by atoms with Crippen molar-refractivity contribution in [2.45, 2.75) is 38.0 Å². The smallest absolute Gasteiger partial charge is 0.240 e. The van der Waals surface area contributed by atoms with Crippen LogP contribution in [0.5, 0.6) is 0 Å². The molecule has 0 spiro atoms. The number of pyridine rings is 1. The molecule has 0 aliphatic rings. The summed E-state index contributed by atoms with van der Waals surface area (Å²) >= 11 is 0. The second kappa shape index (κ2) is 9.70. The Morgan fingerprint density at radius 1 is 1.24 bits per heavy atom. The van der Waals surface area contributed by atoms with E-state index in [9.17, 15) is 8.42 Å². The Hall–Kier alpha value is -1.18. The summed E-state index contributed by atoms with van der Waals surface area (Å²) in [5.41, 5.74) is 0. The zero-order valence-corrected chi connectivity index (χ0v) is 13.6. The van der Waals surface area contributed by atoms with Crippen molar-refractivity contribution in [3.05, 3.63) is 18.3 Å². The van der Waals surface area contributed by atoms with Crippen LogP contribution in [0.4, 0.5) is 5.82 Å². The van der Waals surface area contributed by atoms with E-state index < -0.39 is 10.0 Å². The van der Waals surface area contributed by atoms with Gasteiger partial charge in [-0.05, 0) is 25.8 Å². The topological polar surface area (TPSA) is 80.3 Å². The summed E-state index contributed by atoms with van der Waals surface area (Å²) in [5, 5.41) is 2.99. The molecule has 0 radical (unpaired) electrons. The van der Waals surface area contributed by atoms with Crippen LogP contribution in [-0.2, 0) is 14.8 Å². The molecule has 1 aromatic heterocycles. The fourth-order valence-electron chi connectivity index (χ4n) is 1.67. The molecule has 0 bridgehead atoms. The third-order valence-corrected chi connectivity index (χ3v) is 4.26. The van der Waals surface area contributed by atoms with Gasteiger partial charge in [0.15, 0.2) is 0 Å². The lowest BCUT2D eigenvalue weighted by Gasteiger charge is -2.08. The molecule has 120 valence electrons. The number of nitrogens with zero attached hydrogens (tertiary/aromatic N) is 1. The van der Waals surface area contributed by atoms with Gasteiger partial charge in [0, 0.05) is 38.6 Å². The molecule has 0 atom stereocenters. The first kappa shape index (κ1) is 17.9. The average Bonchev–Trinajstić information content (AvgIpc) is 2.47. The highest BCUT2D eigenvalue weighted by Crippen LogP contribution is 2.12. The van der Waals surface area contributed by atoms with Gasteiger partial charge in [0.25, 0.3) is 0 Å². The van der Waals surface area contributed by atoms with E-state index in [-0.39, 0.29) is 4.90 Å². The standard InChI is InChI=1S/C14H25N3O3S/c1-3-5-10-20-11-6-8-17-21(18,19)13-7-9-16-14(12-13)15-4-2/h7,9,12,17H,3-6,8,10-11H2,1-2H3,(H,15,16). The summed E-state index contributed by atoms with van der Waals surface area (Å²) in [6, 6.07) is 3.02. The van der Waals surface area contributed by atoms with E-state index in [1.807, 2.05) is 6.92 Å². The van der Waals surface area contributed by atoms with Crippen LogP contribution < -0.4 is 10.0 Å². The van der Waals surface area contributed by atoms with Gasteiger partial charge in [-0.15, -0.1) is 0 Å². The predicted molar refractivity (Wildman–Crippen MR) is 83.9 cm³/mol. The molecule has 0 fully saturated rings. The van der Waals surface area contributed by atoms with Crippen molar-refractivity contribution in [3.8, 4) is 0 Å². The van der Waals surface area contributed by atoms with Gasteiger partial charge in [-0.1, -0.05) is 13.3 Å². The number of rotatable bonds is 11. The van der Waals surface area contributed by atoms with E-state index in [1.54, 1.807) is 0 Å². The molecular weight excluding hydrogens is 290 g/mol. The van der Waals surface area contributed by atoms with Crippen molar-refractivity contribution < 1.29 is 13.2 Å². The second-order valence-electron chi connectivity index (χ2n) is 4.62. The zero-order valence-electron chi connectivity index (χ0n) is 12.8. The van der Waals surface area contributed by atoms with Gasteiger partial charge in [-0.2, -0.15) is 0 Å². The Labute approximate surface area is 127 Å². The molecule has 6 nitrogen and oxygen atoms in total. The lowest BCUT2D eigenvalue weighted by atomic mass is 10.4. The van der Waals surface area contributed by atoms with Gasteiger partial charge in [-0.3, -0.25) is 0 Å².